The molecule has 0 saturated carbocycles. The third-order valence-electron chi connectivity index (χ3n) is 3.78. The molecular formula is C13H16O3. The molecule has 0 bridgehead atoms. The molecule has 0 aromatic carbocycles. The minimum absolute atomic E-state index is 0.00236. The van der Waals surface area contributed by atoms with E-state index >= 15 is 0 Å². The number of carbonyl (C=O) groups excluding carboxylic acids is 2. The maximum absolute atomic E-state index is 11.6. The van der Waals surface area contributed by atoms with Crippen LogP contribution in [0.25, 0.3) is 0 Å². The van der Waals surface area contributed by atoms with Crippen molar-refractivity contribution in [2.45, 2.75) is 26.7 Å². The summed E-state index contributed by atoms with van der Waals surface area (Å²) in [6.07, 6.45) is 4.74. The van der Waals surface area contributed by atoms with Crippen molar-refractivity contribution in [3.8, 4) is 0 Å². The lowest BCUT2D eigenvalue weighted by atomic mass is 9.69. The van der Waals surface area contributed by atoms with Gasteiger partial charge in [0.05, 0.1) is 7.11 Å². The van der Waals surface area contributed by atoms with Gasteiger partial charge in [-0.3, -0.25) is 9.59 Å². The highest BCUT2D eigenvalue weighted by Crippen LogP contribution is 2.52. The molecule has 0 N–H and O–H groups in total. The summed E-state index contributed by atoms with van der Waals surface area (Å²) in [5.41, 5.74) is 0.586. The SMILES string of the molecule is COC1=CC(=O)CC2C(C(C)=O)=CCC12C. The summed E-state index contributed by atoms with van der Waals surface area (Å²) in [4.78, 5) is 23.1. The van der Waals surface area contributed by atoms with Crippen LogP contribution in [0, 0.1) is 11.3 Å². The van der Waals surface area contributed by atoms with Gasteiger partial charge in [-0.1, -0.05) is 13.0 Å². The van der Waals surface area contributed by atoms with Crippen LogP contribution in [-0.4, -0.2) is 18.7 Å². The van der Waals surface area contributed by atoms with Crippen molar-refractivity contribution in [3.63, 3.8) is 0 Å². The van der Waals surface area contributed by atoms with Crippen molar-refractivity contribution in [2.24, 2.45) is 11.3 Å². The maximum atomic E-state index is 11.6. The van der Waals surface area contributed by atoms with Gasteiger partial charge in [0.25, 0.3) is 0 Å². The van der Waals surface area contributed by atoms with E-state index in [1.165, 1.54) is 0 Å². The van der Waals surface area contributed by atoms with Gasteiger partial charge < -0.3 is 4.74 Å². The van der Waals surface area contributed by atoms with Crippen molar-refractivity contribution in [3.05, 3.63) is 23.5 Å². The molecule has 0 fully saturated rings. The Bertz CT molecular complexity index is 417. The third kappa shape index (κ3) is 1.42. The molecule has 0 saturated heterocycles. The topological polar surface area (TPSA) is 43.4 Å². The minimum Gasteiger partial charge on any atom is -0.500 e. The highest BCUT2D eigenvalue weighted by atomic mass is 16.5. The standard InChI is InChI=1S/C13H16O3/c1-8(14)10-4-5-13(2)11(10)6-9(15)7-12(13)16-3/h4,7,11H,5-6H2,1-3H3. The van der Waals surface area contributed by atoms with E-state index in [0.717, 1.165) is 12.0 Å². The van der Waals surface area contributed by atoms with Crippen molar-refractivity contribution in [1.82, 2.24) is 0 Å². The summed E-state index contributed by atoms with van der Waals surface area (Å²) in [6.45, 7) is 3.62. The number of fused-ring (bicyclic) bond motifs is 1. The van der Waals surface area contributed by atoms with Crippen LogP contribution in [0.4, 0.5) is 0 Å². The zero-order valence-corrected chi connectivity index (χ0v) is 9.87. The molecule has 2 atom stereocenters. The highest BCUT2D eigenvalue weighted by Gasteiger charge is 2.48. The number of methoxy groups -OCH3 is 1. The van der Waals surface area contributed by atoms with Crippen molar-refractivity contribution in [2.75, 3.05) is 7.11 Å². The molecule has 2 aliphatic carbocycles. The van der Waals surface area contributed by atoms with Crippen LogP contribution in [-0.2, 0) is 14.3 Å². The van der Waals surface area contributed by atoms with E-state index in [9.17, 15) is 9.59 Å². The third-order valence-corrected chi connectivity index (χ3v) is 3.78. The lowest BCUT2D eigenvalue weighted by molar-refractivity contribution is -0.118. The number of hydrogen-bond donors (Lipinski definition) is 0. The average molecular weight is 220 g/mol. The van der Waals surface area contributed by atoms with Crippen LogP contribution in [0.2, 0.25) is 0 Å². The Labute approximate surface area is 95.2 Å². The molecule has 0 aliphatic heterocycles. The van der Waals surface area contributed by atoms with E-state index in [4.69, 9.17) is 4.74 Å². The van der Waals surface area contributed by atoms with Gasteiger partial charge >= 0.3 is 0 Å². The summed E-state index contributed by atoms with van der Waals surface area (Å²) in [5.74, 6) is 0.825. The van der Waals surface area contributed by atoms with Crippen molar-refractivity contribution in [1.29, 1.82) is 0 Å². The van der Waals surface area contributed by atoms with Crippen LogP contribution in [0.15, 0.2) is 23.5 Å². The number of hydrogen-bond acceptors (Lipinski definition) is 3. The van der Waals surface area contributed by atoms with Crippen LogP contribution in [0.1, 0.15) is 26.7 Å². The van der Waals surface area contributed by atoms with E-state index in [1.54, 1.807) is 20.1 Å². The first-order valence-corrected chi connectivity index (χ1v) is 5.49. The largest absolute Gasteiger partial charge is 0.500 e. The molecule has 2 aliphatic rings. The fourth-order valence-electron chi connectivity index (χ4n) is 2.81. The van der Waals surface area contributed by atoms with Crippen molar-refractivity contribution >= 4 is 11.6 Å². The van der Waals surface area contributed by atoms with Gasteiger partial charge in [0.2, 0.25) is 0 Å². The Morgan fingerprint density at radius 1 is 1.56 bits per heavy atom. The van der Waals surface area contributed by atoms with Crippen LogP contribution in [0.5, 0.6) is 0 Å². The molecule has 0 aromatic rings. The molecule has 3 nitrogen and oxygen atoms in total. The Morgan fingerprint density at radius 2 is 2.25 bits per heavy atom. The van der Waals surface area contributed by atoms with Crippen molar-refractivity contribution < 1.29 is 14.3 Å². The number of carbonyl (C=O) groups is 2. The molecule has 2 rings (SSSR count). The predicted molar refractivity (Wildman–Crippen MR) is 59.7 cm³/mol. The monoisotopic (exact) mass is 220 g/mol. The smallest absolute Gasteiger partial charge is 0.159 e. The Morgan fingerprint density at radius 3 is 2.81 bits per heavy atom. The summed E-state index contributed by atoms with van der Waals surface area (Å²) in [5, 5.41) is 0. The quantitative estimate of drug-likeness (QED) is 0.715. The highest BCUT2D eigenvalue weighted by molar-refractivity contribution is 5.98. The van der Waals surface area contributed by atoms with Gasteiger partial charge in [-0.15, -0.1) is 0 Å². The Balaban J connectivity index is 2.42. The number of rotatable bonds is 2. The molecule has 16 heavy (non-hydrogen) atoms. The fraction of sp³-hybridized carbons (Fsp3) is 0.538. The molecule has 0 radical (unpaired) electrons. The number of ether oxygens (including phenoxy) is 1. The van der Waals surface area contributed by atoms with E-state index in [1.807, 2.05) is 6.08 Å². The van der Waals surface area contributed by atoms with Gasteiger partial charge in [-0.2, -0.15) is 0 Å². The first-order chi connectivity index (χ1) is 7.49. The van der Waals surface area contributed by atoms with Gasteiger partial charge in [0.1, 0.15) is 5.76 Å². The molecule has 0 amide bonds. The van der Waals surface area contributed by atoms with Crippen LogP contribution < -0.4 is 0 Å². The van der Waals surface area contributed by atoms with E-state index < -0.39 is 0 Å². The van der Waals surface area contributed by atoms with Crippen LogP contribution >= 0.6 is 0 Å². The minimum atomic E-state index is -0.205. The summed E-state index contributed by atoms with van der Waals surface area (Å²) >= 11 is 0. The van der Waals surface area contributed by atoms with E-state index in [2.05, 4.69) is 6.92 Å². The number of allylic oxidation sites excluding steroid dienone is 4. The lowest BCUT2D eigenvalue weighted by Gasteiger charge is -2.36. The maximum Gasteiger partial charge on any atom is 0.159 e. The number of ketones is 2. The summed E-state index contributed by atoms with van der Waals surface area (Å²) in [6, 6.07) is 0. The zero-order valence-electron chi connectivity index (χ0n) is 9.87. The molecular weight excluding hydrogens is 204 g/mol. The second-order valence-electron chi connectivity index (χ2n) is 4.77. The average Bonchev–Trinajstić information content (AvgIpc) is 2.55. The molecule has 2 unspecified atom stereocenters. The molecule has 0 spiro atoms. The van der Waals surface area contributed by atoms with Gasteiger partial charge in [0.15, 0.2) is 11.6 Å². The molecule has 3 heteroatoms. The summed E-state index contributed by atoms with van der Waals surface area (Å²) in [7, 11) is 1.58. The second-order valence-corrected chi connectivity index (χ2v) is 4.77. The molecule has 0 heterocycles. The van der Waals surface area contributed by atoms with E-state index in [0.29, 0.717) is 12.2 Å². The van der Waals surface area contributed by atoms with Gasteiger partial charge in [-0.25, -0.2) is 0 Å². The summed E-state index contributed by atoms with van der Waals surface area (Å²) < 4.78 is 5.30. The van der Waals surface area contributed by atoms with Gasteiger partial charge in [0, 0.05) is 23.8 Å². The van der Waals surface area contributed by atoms with Gasteiger partial charge in [-0.05, 0) is 18.9 Å². The normalized spacial score (nSPS) is 32.9. The second kappa shape index (κ2) is 3.58. The first kappa shape index (κ1) is 11.1. The molecule has 86 valence electrons. The first-order valence-electron chi connectivity index (χ1n) is 5.49. The van der Waals surface area contributed by atoms with E-state index in [-0.39, 0.29) is 22.9 Å². The zero-order chi connectivity index (χ0) is 11.9. The van der Waals surface area contributed by atoms with Crippen LogP contribution in [0.3, 0.4) is 0 Å². The Kier molecular flexibility index (Phi) is 2.49. The lowest BCUT2D eigenvalue weighted by Crippen LogP contribution is -2.34. The molecule has 0 aromatic heterocycles. The predicted octanol–water partition coefficient (Wildman–Crippen LogP) is 2.03. The number of Topliss-reactive ketones (excluding diaryl/α,β-unsaturated/α-hetero) is 1. The fourth-order valence-corrected chi connectivity index (χ4v) is 2.81. The Hall–Kier alpha value is -1.38.